The zero-order valence-electron chi connectivity index (χ0n) is 16.7. The van der Waals surface area contributed by atoms with Crippen LogP contribution in [0.4, 0.5) is 0 Å². The Bertz CT molecular complexity index is 963. The molecule has 2 heterocycles. The molecule has 1 unspecified atom stereocenters. The Morgan fingerprint density at radius 3 is 2.86 bits per heavy atom. The molecular formula is C20H28N4O4. The van der Waals surface area contributed by atoms with Gasteiger partial charge in [0.25, 0.3) is 5.91 Å². The van der Waals surface area contributed by atoms with E-state index in [1.54, 1.807) is 25.1 Å². The second kappa shape index (κ2) is 8.70. The van der Waals surface area contributed by atoms with Crippen molar-refractivity contribution in [1.29, 1.82) is 0 Å². The lowest BCUT2D eigenvalue weighted by atomic mass is 10.1. The van der Waals surface area contributed by atoms with Gasteiger partial charge in [0.05, 0.1) is 23.7 Å². The normalized spacial score (nSPS) is 17.9. The summed E-state index contributed by atoms with van der Waals surface area (Å²) >= 11 is 0. The smallest absolute Gasteiger partial charge is 0.316 e. The molecule has 2 aromatic rings. The number of aryl methyl sites for hydroxylation is 1. The van der Waals surface area contributed by atoms with E-state index in [4.69, 9.17) is 4.74 Å². The molecule has 0 radical (unpaired) electrons. The van der Waals surface area contributed by atoms with Crippen LogP contribution in [0, 0.1) is 5.92 Å². The van der Waals surface area contributed by atoms with Crippen LogP contribution < -0.4 is 16.4 Å². The van der Waals surface area contributed by atoms with Crippen LogP contribution in [0.2, 0.25) is 0 Å². The summed E-state index contributed by atoms with van der Waals surface area (Å²) in [6, 6.07) is 4.95. The molecule has 28 heavy (non-hydrogen) atoms. The van der Waals surface area contributed by atoms with Crippen LogP contribution in [0.15, 0.2) is 27.8 Å². The number of morpholine rings is 1. The Hall–Kier alpha value is -2.45. The largest absolute Gasteiger partial charge is 0.374 e. The topological polar surface area (TPSA) is 96.4 Å². The summed E-state index contributed by atoms with van der Waals surface area (Å²) in [6.45, 7) is 10.4. The molecule has 1 aromatic carbocycles. The highest BCUT2D eigenvalue weighted by Crippen LogP contribution is 2.12. The number of hydrogen-bond donors (Lipinski definition) is 2. The average Bonchev–Trinajstić information content (AvgIpc) is 2.66. The van der Waals surface area contributed by atoms with Gasteiger partial charge in [-0.2, -0.15) is 0 Å². The Morgan fingerprint density at radius 1 is 1.36 bits per heavy atom. The third-order valence-electron chi connectivity index (χ3n) is 4.89. The van der Waals surface area contributed by atoms with Gasteiger partial charge in [-0.15, -0.1) is 0 Å². The molecule has 1 aliphatic heterocycles. The molecule has 0 bridgehead atoms. The number of carbonyl (C=O) groups excluding carboxylic acids is 1. The summed E-state index contributed by atoms with van der Waals surface area (Å²) in [7, 11) is 0. The van der Waals surface area contributed by atoms with Crippen LogP contribution in [-0.2, 0) is 11.3 Å². The number of aromatic nitrogens is 2. The maximum absolute atomic E-state index is 12.6. The molecule has 1 fully saturated rings. The number of ether oxygens (including phenoxy) is 1. The third-order valence-corrected chi connectivity index (χ3v) is 4.89. The number of rotatable bonds is 6. The summed E-state index contributed by atoms with van der Waals surface area (Å²) < 4.78 is 7.16. The fourth-order valence-corrected chi connectivity index (χ4v) is 3.63. The van der Waals surface area contributed by atoms with E-state index in [0.717, 1.165) is 19.6 Å². The molecule has 8 heteroatoms. The highest BCUT2D eigenvalue weighted by molar-refractivity contribution is 5.97. The Morgan fingerprint density at radius 2 is 2.14 bits per heavy atom. The summed E-state index contributed by atoms with van der Waals surface area (Å²) in [5.74, 6) is 0.357. The number of amides is 1. The molecule has 0 spiro atoms. The van der Waals surface area contributed by atoms with Crippen molar-refractivity contribution in [3.63, 3.8) is 0 Å². The van der Waals surface area contributed by atoms with Gasteiger partial charge < -0.3 is 19.6 Å². The predicted molar refractivity (Wildman–Crippen MR) is 108 cm³/mol. The van der Waals surface area contributed by atoms with E-state index in [0.29, 0.717) is 42.2 Å². The summed E-state index contributed by atoms with van der Waals surface area (Å²) in [4.78, 5) is 41.2. The number of aromatic amines is 1. The zero-order valence-corrected chi connectivity index (χ0v) is 16.7. The van der Waals surface area contributed by atoms with Crippen molar-refractivity contribution in [2.24, 2.45) is 5.92 Å². The Kier molecular flexibility index (Phi) is 6.31. The van der Waals surface area contributed by atoms with Crippen LogP contribution in [0.5, 0.6) is 0 Å². The van der Waals surface area contributed by atoms with Crippen molar-refractivity contribution < 1.29 is 9.53 Å². The Balaban J connectivity index is 1.69. The first-order chi connectivity index (χ1) is 13.4. The number of nitrogens with one attached hydrogen (secondary N) is 2. The molecule has 1 aromatic heterocycles. The lowest BCUT2D eigenvalue weighted by Gasteiger charge is -2.33. The van der Waals surface area contributed by atoms with Gasteiger partial charge in [0, 0.05) is 38.3 Å². The molecule has 3 rings (SSSR count). The first kappa shape index (κ1) is 20.3. The molecule has 1 aliphatic rings. The van der Waals surface area contributed by atoms with E-state index < -0.39 is 11.1 Å². The van der Waals surface area contributed by atoms with Crippen LogP contribution in [0.1, 0.15) is 31.1 Å². The SMILES string of the molecule is CCn1c(=O)c(=O)[nH]c2cc(C(=O)NCC3CN(CC(C)C)CCO3)ccc21. The molecule has 152 valence electrons. The monoisotopic (exact) mass is 388 g/mol. The van der Waals surface area contributed by atoms with Gasteiger partial charge in [-0.25, -0.2) is 0 Å². The molecule has 2 N–H and O–H groups in total. The van der Waals surface area contributed by atoms with Gasteiger partial charge in [0.1, 0.15) is 0 Å². The molecule has 1 saturated heterocycles. The highest BCUT2D eigenvalue weighted by Gasteiger charge is 2.21. The molecule has 1 atom stereocenters. The van der Waals surface area contributed by atoms with Crippen molar-refractivity contribution in [2.45, 2.75) is 33.4 Å². The van der Waals surface area contributed by atoms with Gasteiger partial charge >= 0.3 is 11.1 Å². The van der Waals surface area contributed by atoms with Gasteiger partial charge in [-0.1, -0.05) is 13.8 Å². The quantitative estimate of drug-likeness (QED) is 0.714. The van der Waals surface area contributed by atoms with Gasteiger partial charge in [-0.05, 0) is 31.0 Å². The van der Waals surface area contributed by atoms with Crippen molar-refractivity contribution >= 4 is 16.9 Å². The van der Waals surface area contributed by atoms with E-state index in [1.807, 2.05) is 0 Å². The van der Waals surface area contributed by atoms with Crippen molar-refractivity contribution in [2.75, 3.05) is 32.8 Å². The van der Waals surface area contributed by atoms with Gasteiger partial charge in [0.2, 0.25) is 0 Å². The van der Waals surface area contributed by atoms with E-state index in [1.165, 1.54) is 4.57 Å². The minimum Gasteiger partial charge on any atom is -0.374 e. The fourth-order valence-electron chi connectivity index (χ4n) is 3.63. The van der Waals surface area contributed by atoms with Crippen LogP contribution in [0.25, 0.3) is 11.0 Å². The highest BCUT2D eigenvalue weighted by atomic mass is 16.5. The number of fused-ring (bicyclic) bond motifs is 1. The number of carbonyl (C=O) groups is 1. The number of H-pyrrole nitrogens is 1. The number of hydrogen-bond acceptors (Lipinski definition) is 5. The second-order valence-electron chi connectivity index (χ2n) is 7.59. The zero-order chi connectivity index (χ0) is 20.3. The summed E-state index contributed by atoms with van der Waals surface area (Å²) in [5.41, 5.74) is 0.222. The second-order valence-corrected chi connectivity index (χ2v) is 7.59. The average molecular weight is 388 g/mol. The molecule has 0 aliphatic carbocycles. The summed E-state index contributed by atoms with van der Waals surface area (Å²) in [5, 5.41) is 2.91. The van der Waals surface area contributed by atoms with E-state index in [-0.39, 0.29) is 12.0 Å². The van der Waals surface area contributed by atoms with Crippen LogP contribution in [-0.4, -0.2) is 59.2 Å². The van der Waals surface area contributed by atoms with Crippen molar-refractivity contribution in [1.82, 2.24) is 19.8 Å². The lowest BCUT2D eigenvalue weighted by molar-refractivity contribution is -0.0295. The van der Waals surface area contributed by atoms with Crippen molar-refractivity contribution in [3.05, 3.63) is 44.5 Å². The number of nitrogens with zero attached hydrogens (tertiary/aromatic N) is 2. The van der Waals surface area contributed by atoms with E-state index in [2.05, 4.69) is 29.0 Å². The van der Waals surface area contributed by atoms with Gasteiger partial charge in [0.15, 0.2) is 0 Å². The lowest BCUT2D eigenvalue weighted by Crippen LogP contribution is -2.48. The maximum atomic E-state index is 12.6. The summed E-state index contributed by atoms with van der Waals surface area (Å²) in [6.07, 6.45) is -0.0398. The maximum Gasteiger partial charge on any atom is 0.316 e. The van der Waals surface area contributed by atoms with Crippen molar-refractivity contribution in [3.8, 4) is 0 Å². The van der Waals surface area contributed by atoms with Crippen LogP contribution in [0.3, 0.4) is 0 Å². The minimum absolute atomic E-state index is 0.0398. The van der Waals surface area contributed by atoms with Gasteiger partial charge in [-0.3, -0.25) is 19.3 Å². The van der Waals surface area contributed by atoms with E-state index in [9.17, 15) is 14.4 Å². The molecule has 1 amide bonds. The minimum atomic E-state index is -0.687. The molecular weight excluding hydrogens is 360 g/mol. The first-order valence-electron chi connectivity index (χ1n) is 9.78. The third kappa shape index (κ3) is 4.51. The number of benzene rings is 1. The van der Waals surface area contributed by atoms with Crippen LogP contribution >= 0.6 is 0 Å². The molecule has 0 saturated carbocycles. The molecule has 8 nitrogen and oxygen atoms in total. The fraction of sp³-hybridized carbons (Fsp3) is 0.550. The first-order valence-corrected chi connectivity index (χ1v) is 9.78. The van der Waals surface area contributed by atoms with E-state index >= 15 is 0 Å². The Labute approximate surface area is 163 Å². The predicted octanol–water partition coefficient (Wildman–Crippen LogP) is 0.796. The standard InChI is InChI=1S/C20H28N4O4/c1-4-24-17-6-5-14(9-16(17)22-19(26)20(24)27)18(25)21-10-15-12-23(7-8-28-15)11-13(2)3/h5-6,9,13,15H,4,7-8,10-12H2,1-3H3,(H,21,25)(H,22,26).